The Morgan fingerprint density at radius 1 is 0.935 bits per heavy atom. The van der Waals surface area contributed by atoms with Gasteiger partial charge in [0.2, 0.25) is 5.91 Å². The van der Waals surface area contributed by atoms with Crippen LogP contribution in [-0.2, 0) is 10.2 Å². The third kappa shape index (κ3) is 3.35. The van der Waals surface area contributed by atoms with E-state index in [1.54, 1.807) is 24.0 Å². The second kappa shape index (κ2) is 7.77. The molecule has 31 heavy (non-hydrogen) atoms. The quantitative estimate of drug-likeness (QED) is 0.722. The van der Waals surface area contributed by atoms with Gasteiger partial charge in [-0.2, -0.15) is 0 Å². The molecule has 0 saturated carbocycles. The Balaban J connectivity index is 1.37. The Bertz CT molecular complexity index is 1000. The van der Waals surface area contributed by atoms with Crippen molar-refractivity contribution >= 4 is 11.8 Å². The van der Waals surface area contributed by atoms with Crippen LogP contribution in [0.4, 0.5) is 4.39 Å². The van der Waals surface area contributed by atoms with Gasteiger partial charge in [0.05, 0.1) is 11.5 Å². The monoisotopic (exact) mass is 420 g/mol. The SMILES string of the molecule is Cc1cccc(F)c1C(=O)N1CCC2(CC1)CC(C(=O)N1CCCC1)c1ccccc12. The molecule has 4 nitrogen and oxygen atoms in total. The lowest BCUT2D eigenvalue weighted by Gasteiger charge is -2.40. The summed E-state index contributed by atoms with van der Waals surface area (Å²) in [5.74, 6) is -0.484. The Morgan fingerprint density at radius 2 is 1.65 bits per heavy atom. The van der Waals surface area contributed by atoms with Crippen LogP contribution in [0.15, 0.2) is 42.5 Å². The summed E-state index contributed by atoms with van der Waals surface area (Å²) in [6.07, 6.45) is 4.64. The van der Waals surface area contributed by atoms with Crippen molar-refractivity contribution in [2.75, 3.05) is 26.2 Å². The van der Waals surface area contributed by atoms with Crippen molar-refractivity contribution in [2.24, 2.45) is 0 Å². The van der Waals surface area contributed by atoms with Gasteiger partial charge < -0.3 is 9.80 Å². The van der Waals surface area contributed by atoms with Crippen LogP contribution in [0.5, 0.6) is 0 Å². The van der Waals surface area contributed by atoms with Gasteiger partial charge in [0.1, 0.15) is 5.82 Å². The van der Waals surface area contributed by atoms with Crippen LogP contribution in [0.25, 0.3) is 0 Å². The van der Waals surface area contributed by atoms with Crippen molar-refractivity contribution in [2.45, 2.75) is 50.4 Å². The molecule has 2 fully saturated rings. The highest BCUT2D eigenvalue weighted by Gasteiger charge is 2.48. The van der Waals surface area contributed by atoms with Crippen LogP contribution in [0.1, 0.15) is 65.1 Å². The molecule has 5 heteroatoms. The lowest BCUT2D eigenvalue weighted by atomic mass is 9.73. The molecule has 0 radical (unpaired) electrons. The van der Waals surface area contributed by atoms with E-state index >= 15 is 0 Å². The van der Waals surface area contributed by atoms with Crippen molar-refractivity contribution in [3.8, 4) is 0 Å². The zero-order valence-corrected chi connectivity index (χ0v) is 18.1. The molecule has 5 rings (SSSR count). The molecule has 1 spiro atoms. The van der Waals surface area contributed by atoms with Crippen molar-refractivity contribution in [1.29, 1.82) is 0 Å². The van der Waals surface area contributed by atoms with E-state index in [1.165, 1.54) is 17.2 Å². The molecule has 0 N–H and O–H groups in total. The summed E-state index contributed by atoms with van der Waals surface area (Å²) in [5, 5.41) is 0. The number of carbonyl (C=O) groups excluding carboxylic acids is 2. The number of benzene rings is 2. The standard InChI is InChI=1S/C26H29FN2O2/c1-18-7-6-10-22(27)23(18)25(31)29-15-11-26(12-16-29)17-20(19-8-2-3-9-21(19)26)24(30)28-13-4-5-14-28/h2-3,6-10,20H,4-5,11-17H2,1H3. The van der Waals surface area contributed by atoms with Crippen molar-refractivity contribution in [3.05, 3.63) is 70.5 Å². The number of hydrogen-bond acceptors (Lipinski definition) is 2. The first kappa shape index (κ1) is 20.2. The number of carbonyl (C=O) groups is 2. The summed E-state index contributed by atoms with van der Waals surface area (Å²) in [6.45, 7) is 4.70. The molecule has 2 heterocycles. The Kier molecular flexibility index (Phi) is 5.07. The number of nitrogens with zero attached hydrogens (tertiary/aromatic N) is 2. The highest BCUT2D eigenvalue weighted by molar-refractivity contribution is 5.96. The zero-order chi connectivity index (χ0) is 21.6. The predicted molar refractivity (Wildman–Crippen MR) is 118 cm³/mol. The molecule has 1 atom stereocenters. The molecule has 162 valence electrons. The Hall–Kier alpha value is -2.69. The number of piperidine rings is 1. The smallest absolute Gasteiger partial charge is 0.257 e. The van der Waals surface area contributed by atoms with Gasteiger partial charge in [-0.1, -0.05) is 36.4 Å². The van der Waals surface area contributed by atoms with Gasteiger partial charge in [-0.3, -0.25) is 9.59 Å². The lowest BCUT2D eigenvalue weighted by molar-refractivity contribution is -0.132. The van der Waals surface area contributed by atoms with Gasteiger partial charge in [0.15, 0.2) is 0 Å². The summed E-state index contributed by atoms with van der Waals surface area (Å²) in [7, 11) is 0. The van der Waals surface area contributed by atoms with Crippen LogP contribution in [0, 0.1) is 12.7 Å². The van der Waals surface area contributed by atoms with E-state index in [2.05, 4.69) is 18.2 Å². The van der Waals surface area contributed by atoms with E-state index in [-0.39, 0.29) is 28.7 Å². The molecule has 0 bridgehead atoms. The van der Waals surface area contributed by atoms with Crippen LogP contribution < -0.4 is 0 Å². The van der Waals surface area contributed by atoms with Crippen molar-refractivity contribution in [3.63, 3.8) is 0 Å². The predicted octanol–water partition coefficient (Wildman–Crippen LogP) is 4.42. The first-order valence-corrected chi connectivity index (χ1v) is 11.4. The van der Waals surface area contributed by atoms with E-state index in [9.17, 15) is 14.0 Å². The molecular formula is C26H29FN2O2. The first-order valence-electron chi connectivity index (χ1n) is 11.4. The third-order valence-electron chi connectivity index (χ3n) is 7.66. The maximum absolute atomic E-state index is 14.3. The minimum atomic E-state index is -0.451. The molecule has 3 aliphatic rings. The van der Waals surface area contributed by atoms with E-state index in [1.807, 2.05) is 11.0 Å². The minimum absolute atomic E-state index is 0.0717. The highest BCUT2D eigenvalue weighted by Crippen LogP contribution is 2.52. The first-order chi connectivity index (χ1) is 15.0. The molecule has 2 aliphatic heterocycles. The highest BCUT2D eigenvalue weighted by atomic mass is 19.1. The zero-order valence-electron chi connectivity index (χ0n) is 18.1. The van der Waals surface area contributed by atoms with E-state index < -0.39 is 5.82 Å². The van der Waals surface area contributed by atoms with Gasteiger partial charge in [-0.25, -0.2) is 4.39 Å². The van der Waals surface area contributed by atoms with E-state index in [4.69, 9.17) is 0 Å². The average Bonchev–Trinajstić information content (AvgIpc) is 3.42. The van der Waals surface area contributed by atoms with Crippen LogP contribution in [0.2, 0.25) is 0 Å². The fraction of sp³-hybridized carbons (Fsp3) is 0.462. The molecule has 2 amide bonds. The fourth-order valence-electron chi connectivity index (χ4n) is 5.94. The maximum Gasteiger partial charge on any atom is 0.257 e. The summed E-state index contributed by atoms with van der Waals surface area (Å²) in [6, 6.07) is 13.1. The molecule has 2 aromatic carbocycles. The number of likely N-dealkylation sites (tertiary alicyclic amines) is 2. The number of aryl methyl sites for hydroxylation is 1. The normalized spacial score (nSPS) is 22.1. The van der Waals surface area contributed by atoms with Crippen LogP contribution in [-0.4, -0.2) is 47.8 Å². The second-order valence-electron chi connectivity index (χ2n) is 9.38. The maximum atomic E-state index is 14.3. The van der Waals surface area contributed by atoms with Crippen LogP contribution >= 0.6 is 0 Å². The number of hydrogen-bond donors (Lipinski definition) is 0. The molecule has 0 aromatic heterocycles. The van der Waals surface area contributed by atoms with Crippen molar-refractivity contribution in [1.82, 2.24) is 9.80 Å². The van der Waals surface area contributed by atoms with E-state index in [0.717, 1.165) is 45.2 Å². The number of rotatable bonds is 2. The largest absolute Gasteiger partial charge is 0.342 e. The van der Waals surface area contributed by atoms with Gasteiger partial charge in [-0.15, -0.1) is 0 Å². The summed E-state index contributed by atoms with van der Waals surface area (Å²) < 4.78 is 14.3. The Labute approximate surface area is 183 Å². The third-order valence-corrected chi connectivity index (χ3v) is 7.66. The average molecular weight is 421 g/mol. The second-order valence-corrected chi connectivity index (χ2v) is 9.38. The van der Waals surface area contributed by atoms with Gasteiger partial charge in [0, 0.05) is 31.6 Å². The number of amides is 2. The van der Waals surface area contributed by atoms with Gasteiger partial charge in [0.25, 0.3) is 5.91 Å². The fourth-order valence-corrected chi connectivity index (χ4v) is 5.94. The molecule has 2 saturated heterocycles. The van der Waals surface area contributed by atoms with Gasteiger partial charge >= 0.3 is 0 Å². The minimum Gasteiger partial charge on any atom is -0.342 e. The molecule has 2 aromatic rings. The summed E-state index contributed by atoms with van der Waals surface area (Å²) in [4.78, 5) is 30.2. The molecule has 1 unspecified atom stereocenters. The van der Waals surface area contributed by atoms with Crippen LogP contribution in [0.3, 0.4) is 0 Å². The Morgan fingerprint density at radius 3 is 2.35 bits per heavy atom. The van der Waals surface area contributed by atoms with Gasteiger partial charge in [-0.05, 0) is 61.8 Å². The number of fused-ring (bicyclic) bond motifs is 2. The lowest BCUT2D eigenvalue weighted by Crippen LogP contribution is -2.45. The molecule has 1 aliphatic carbocycles. The number of halogens is 1. The van der Waals surface area contributed by atoms with E-state index in [0.29, 0.717) is 18.7 Å². The van der Waals surface area contributed by atoms with Crippen molar-refractivity contribution < 1.29 is 14.0 Å². The molecular weight excluding hydrogens is 391 g/mol. The summed E-state index contributed by atoms with van der Waals surface area (Å²) >= 11 is 0. The topological polar surface area (TPSA) is 40.6 Å². The summed E-state index contributed by atoms with van der Waals surface area (Å²) in [5.41, 5.74) is 3.24.